The van der Waals surface area contributed by atoms with Crippen molar-refractivity contribution in [3.63, 3.8) is 0 Å². The van der Waals surface area contributed by atoms with E-state index < -0.39 is 0 Å². The maximum absolute atomic E-state index is 9.28. The Morgan fingerprint density at radius 1 is 1.41 bits per heavy atom. The second kappa shape index (κ2) is 7.78. The average molecular weight is 319 g/mol. The Balaban J connectivity index is 1.63. The largest absolute Gasteiger partial charge is 0.395 e. The first-order valence-electron chi connectivity index (χ1n) is 7.63. The molecule has 2 aromatic heterocycles. The van der Waals surface area contributed by atoms with Crippen molar-refractivity contribution in [1.82, 2.24) is 14.9 Å². The maximum atomic E-state index is 9.28. The molecule has 1 atom stereocenters. The minimum absolute atomic E-state index is 0.142. The van der Waals surface area contributed by atoms with Gasteiger partial charge in [0.1, 0.15) is 11.1 Å². The number of ether oxygens (including phenoxy) is 1. The maximum Gasteiger partial charge on any atom is 0.122 e. The van der Waals surface area contributed by atoms with Gasteiger partial charge in [-0.2, -0.15) is 0 Å². The zero-order valence-electron chi connectivity index (χ0n) is 12.5. The van der Waals surface area contributed by atoms with Crippen LogP contribution in [0, 0.1) is 0 Å². The summed E-state index contributed by atoms with van der Waals surface area (Å²) in [5.41, 5.74) is 2.19. The van der Waals surface area contributed by atoms with Gasteiger partial charge in [0, 0.05) is 44.0 Å². The molecule has 0 saturated carbocycles. The van der Waals surface area contributed by atoms with Crippen molar-refractivity contribution in [2.45, 2.75) is 32.0 Å². The standard InChI is InChI=1S/C16H21N3O2S/c20-7-6-19(10-13-3-1-5-17-9-13)11-14-12-22-16(18-14)15-4-2-8-21-15/h1,3,5,9,12,15,20H,2,4,6-8,10-11H2. The van der Waals surface area contributed by atoms with Crippen LogP contribution >= 0.6 is 11.3 Å². The van der Waals surface area contributed by atoms with Crippen molar-refractivity contribution in [2.75, 3.05) is 19.8 Å². The lowest BCUT2D eigenvalue weighted by molar-refractivity contribution is 0.111. The molecular formula is C16H21N3O2S. The lowest BCUT2D eigenvalue weighted by Gasteiger charge is -2.20. The van der Waals surface area contributed by atoms with Gasteiger partial charge >= 0.3 is 0 Å². The molecule has 3 rings (SSSR count). The van der Waals surface area contributed by atoms with Gasteiger partial charge in [0.25, 0.3) is 0 Å². The minimum Gasteiger partial charge on any atom is -0.395 e. The summed E-state index contributed by atoms with van der Waals surface area (Å²) < 4.78 is 5.69. The number of hydrogen-bond acceptors (Lipinski definition) is 6. The number of rotatable bonds is 7. The van der Waals surface area contributed by atoms with E-state index in [1.54, 1.807) is 17.5 Å². The molecule has 1 aliphatic heterocycles. The predicted octanol–water partition coefficient (Wildman–Crippen LogP) is 2.38. The zero-order chi connectivity index (χ0) is 15.2. The van der Waals surface area contributed by atoms with Gasteiger partial charge in [-0.05, 0) is 24.5 Å². The number of aliphatic hydroxyl groups excluding tert-OH is 1. The highest BCUT2D eigenvalue weighted by Crippen LogP contribution is 2.30. The van der Waals surface area contributed by atoms with Crippen molar-refractivity contribution < 1.29 is 9.84 Å². The van der Waals surface area contributed by atoms with Crippen molar-refractivity contribution in [3.8, 4) is 0 Å². The van der Waals surface area contributed by atoms with E-state index in [0.717, 1.165) is 48.8 Å². The lowest BCUT2D eigenvalue weighted by Crippen LogP contribution is -2.26. The van der Waals surface area contributed by atoms with E-state index in [0.29, 0.717) is 6.54 Å². The monoisotopic (exact) mass is 319 g/mol. The van der Waals surface area contributed by atoms with Crippen LogP contribution in [0.3, 0.4) is 0 Å². The summed E-state index contributed by atoms with van der Waals surface area (Å²) in [5.74, 6) is 0. The van der Waals surface area contributed by atoms with Gasteiger partial charge < -0.3 is 9.84 Å². The van der Waals surface area contributed by atoms with Gasteiger partial charge in [0.2, 0.25) is 0 Å². The van der Waals surface area contributed by atoms with Gasteiger partial charge in [-0.25, -0.2) is 4.98 Å². The van der Waals surface area contributed by atoms with Crippen LogP contribution in [0.15, 0.2) is 29.9 Å². The molecule has 0 bridgehead atoms. The van der Waals surface area contributed by atoms with E-state index in [-0.39, 0.29) is 12.7 Å². The Morgan fingerprint density at radius 2 is 2.36 bits per heavy atom. The SMILES string of the molecule is OCCN(Cc1cccnc1)Cc1csc(C2CCCO2)n1. The Hall–Kier alpha value is -1.34. The minimum atomic E-state index is 0.142. The Morgan fingerprint density at radius 3 is 3.09 bits per heavy atom. The van der Waals surface area contributed by atoms with Crippen molar-refractivity contribution >= 4 is 11.3 Å². The van der Waals surface area contributed by atoms with Crippen LogP contribution in [0.1, 0.15) is 35.2 Å². The topological polar surface area (TPSA) is 58.5 Å². The van der Waals surface area contributed by atoms with Crippen molar-refractivity contribution in [1.29, 1.82) is 0 Å². The second-order valence-corrected chi connectivity index (χ2v) is 6.36. The Bertz CT molecular complexity index is 570. The van der Waals surface area contributed by atoms with E-state index in [4.69, 9.17) is 9.72 Å². The number of aliphatic hydroxyl groups is 1. The first-order chi connectivity index (χ1) is 10.8. The molecule has 2 aromatic rings. The predicted molar refractivity (Wildman–Crippen MR) is 85.5 cm³/mol. The van der Waals surface area contributed by atoms with Gasteiger partial charge in [0.05, 0.1) is 12.3 Å². The third-order valence-corrected chi connectivity index (χ3v) is 4.69. The van der Waals surface area contributed by atoms with Crippen LogP contribution < -0.4 is 0 Å². The molecule has 1 unspecified atom stereocenters. The highest BCUT2D eigenvalue weighted by molar-refractivity contribution is 7.09. The molecule has 0 spiro atoms. The van der Waals surface area contributed by atoms with Gasteiger partial charge in [0.15, 0.2) is 0 Å². The number of nitrogens with zero attached hydrogens (tertiary/aromatic N) is 3. The van der Waals surface area contributed by atoms with E-state index in [9.17, 15) is 5.11 Å². The van der Waals surface area contributed by atoms with Crippen LogP contribution in [-0.2, 0) is 17.8 Å². The molecule has 6 heteroatoms. The third kappa shape index (κ3) is 4.10. The number of thiazole rings is 1. The number of aromatic nitrogens is 2. The van der Waals surface area contributed by atoms with Crippen LogP contribution in [0.2, 0.25) is 0 Å². The summed E-state index contributed by atoms with van der Waals surface area (Å²) in [6.45, 7) is 3.11. The molecule has 0 amide bonds. The molecule has 118 valence electrons. The lowest BCUT2D eigenvalue weighted by atomic mass is 10.2. The van der Waals surface area contributed by atoms with Gasteiger partial charge in [-0.15, -0.1) is 11.3 Å². The zero-order valence-corrected chi connectivity index (χ0v) is 13.3. The Kier molecular flexibility index (Phi) is 5.50. The fourth-order valence-corrected chi connectivity index (χ4v) is 3.54. The van der Waals surface area contributed by atoms with E-state index in [1.165, 1.54) is 0 Å². The van der Waals surface area contributed by atoms with Gasteiger partial charge in [-0.1, -0.05) is 6.07 Å². The third-order valence-electron chi connectivity index (χ3n) is 3.71. The molecule has 1 aliphatic rings. The fourth-order valence-electron chi connectivity index (χ4n) is 2.65. The van der Waals surface area contributed by atoms with Crippen LogP contribution in [0.4, 0.5) is 0 Å². The molecule has 0 aliphatic carbocycles. The average Bonchev–Trinajstić information content (AvgIpc) is 3.19. The van der Waals surface area contributed by atoms with Gasteiger partial charge in [-0.3, -0.25) is 9.88 Å². The highest BCUT2D eigenvalue weighted by atomic mass is 32.1. The summed E-state index contributed by atoms with van der Waals surface area (Å²) in [5, 5.41) is 12.5. The summed E-state index contributed by atoms with van der Waals surface area (Å²) in [7, 11) is 0. The molecule has 0 aromatic carbocycles. The quantitative estimate of drug-likeness (QED) is 0.849. The number of pyridine rings is 1. The number of hydrogen-bond donors (Lipinski definition) is 1. The van der Waals surface area contributed by atoms with Crippen molar-refractivity contribution in [2.24, 2.45) is 0 Å². The van der Waals surface area contributed by atoms with Crippen LogP contribution in [-0.4, -0.2) is 39.7 Å². The fraction of sp³-hybridized carbons (Fsp3) is 0.500. The van der Waals surface area contributed by atoms with Crippen LogP contribution in [0.5, 0.6) is 0 Å². The summed E-state index contributed by atoms with van der Waals surface area (Å²) in [6, 6.07) is 3.99. The summed E-state index contributed by atoms with van der Waals surface area (Å²) in [6.07, 6.45) is 6.01. The van der Waals surface area contributed by atoms with Crippen molar-refractivity contribution in [3.05, 3.63) is 46.2 Å². The van der Waals surface area contributed by atoms with E-state index in [2.05, 4.69) is 21.3 Å². The molecular weight excluding hydrogens is 298 g/mol. The summed E-state index contributed by atoms with van der Waals surface area (Å²) >= 11 is 1.68. The molecule has 1 saturated heterocycles. The van der Waals surface area contributed by atoms with E-state index >= 15 is 0 Å². The summed E-state index contributed by atoms with van der Waals surface area (Å²) in [4.78, 5) is 11.0. The Labute approximate surface area is 134 Å². The molecule has 1 fully saturated rings. The first kappa shape index (κ1) is 15.6. The molecule has 5 nitrogen and oxygen atoms in total. The van der Waals surface area contributed by atoms with Crippen LogP contribution in [0.25, 0.3) is 0 Å². The van der Waals surface area contributed by atoms with E-state index in [1.807, 2.05) is 12.3 Å². The highest BCUT2D eigenvalue weighted by Gasteiger charge is 2.21. The molecule has 0 radical (unpaired) electrons. The first-order valence-corrected chi connectivity index (χ1v) is 8.51. The normalized spacial score (nSPS) is 18.2. The molecule has 1 N–H and O–H groups in total. The smallest absolute Gasteiger partial charge is 0.122 e. The second-order valence-electron chi connectivity index (χ2n) is 5.47. The molecule has 22 heavy (non-hydrogen) atoms. The molecule has 3 heterocycles.